The van der Waals surface area contributed by atoms with Crippen LogP contribution in [0.25, 0.3) is 21.8 Å². The summed E-state index contributed by atoms with van der Waals surface area (Å²) in [5, 5.41) is 12.1. The number of hydrogen-bond acceptors (Lipinski definition) is 5. The first-order valence-corrected chi connectivity index (χ1v) is 11.0. The van der Waals surface area contributed by atoms with Crippen LogP contribution in [0.15, 0.2) is 64.2 Å². The fourth-order valence-corrected chi connectivity index (χ4v) is 5.76. The number of ether oxygens (including phenoxy) is 1. The van der Waals surface area contributed by atoms with Crippen LogP contribution >= 0.6 is 11.3 Å². The maximum absolute atomic E-state index is 13.3. The quantitative estimate of drug-likeness (QED) is 0.454. The lowest BCUT2D eigenvalue weighted by Crippen LogP contribution is -2.11. The van der Waals surface area contributed by atoms with Crippen LogP contribution in [0.2, 0.25) is 0 Å². The molecule has 0 aliphatic rings. The number of aliphatic carboxylic acids is 1. The minimum atomic E-state index is -3.76. The number of carboxylic acid groups (broad SMARTS) is 1. The number of rotatable bonds is 7. The van der Waals surface area contributed by atoms with Gasteiger partial charge in [0, 0.05) is 23.3 Å². The van der Waals surface area contributed by atoms with Gasteiger partial charge in [-0.05, 0) is 36.1 Å². The van der Waals surface area contributed by atoms with Crippen molar-refractivity contribution in [1.29, 1.82) is 0 Å². The SMILES string of the molecule is O=C(O)CCCOc1ccc2c3ccccc3n(S(=O)(=O)c3cccs3)c2c1. The number of aromatic nitrogens is 1. The number of thiophene rings is 1. The number of nitrogens with zero attached hydrogens (tertiary/aromatic N) is 1. The third kappa shape index (κ3) is 3.25. The summed E-state index contributed by atoms with van der Waals surface area (Å²) >= 11 is 1.17. The van der Waals surface area contributed by atoms with Crippen LogP contribution in [-0.2, 0) is 14.8 Å². The molecule has 0 saturated heterocycles. The molecule has 0 bridgehead atoms. The fourth-order valence-electron chi connectivity index (χ4n) is 3.18. The molecule has 0 saturated carbocycles. The smallest absolute Gasteiger partial charge is 0.303 e. The predicted octanol–water partition coefficient (Wildman–Crippen LogP) is 4.34. The number of para-hydroxylation sites is 1. The van der Waals surface area contributed by atoms with E-state index in [1.807, 2.05) is 24.3 Å². The molecule has 2 aromatic carbocycles. The molecule has 0 unspecified atom stereocenters. The first kappa shape index (κ1) is 18.5. The van der Waals surface area contributed by atoms with Crippen molar-refractivity contribution < 1.29 is 23.1 Å². The number of carbonyl (C=O) groups is 1. The van der Waals surface area contributed by atoms with E-state index in [4.69, 9.17) is 9.84 Å². The van der Waals surface area contributed by atoms with Gasteiger partial charge in [-0.2, -0.15) is 8.42 Å². The summed E-state index contributed by atoms with van der Waals surface area (Å²) in [5.74, 6) is -0.371. The van der Waals surface area contributed by atoms with E-state index in [1.54, 1.807) is 35.7 Å². The normalized spacial score (nSPS) is 11.9. The summed E-state index contributed by atoms with van der Waals surface area (Å²) in [6.45, 7) is 0.246. The lowest BCUT2D eigenvalue weighted by atomic mass is 10.1. The minimum absolute atomic E-state index is 0.0231. The van der Waals surface area contributed by atoms with Crippen molar-refractivity contribution in [2.45, 2.75) is 17.1 Å². The Balaban J connectivity index is 1.84. The molecule has 8 heteroatoms. The summed E-state index contributed by atoms with van der Waals surface area (Å²) < 4.78 is 33.9. The third-order valence-electron chi connectivity index (χ3n) is 4.39. The van der Waals surface area contributed by atoms with Crippen molar-refractivity contribution in [1.82, 2.24) is 3.97 Å². The average Bonchev–Trinajstić information content (AvgIpc) is 3.31. The molecule has 0 aliphatic heterocycles. The van der Waals surface area contributed by atoms with Crippen LogP contribution in [0.3, 0.4) is 0 Å². The van der Waals surface area contributed by atoms with Gasteiger partial charge in [0.25, 0.3) is 10.0 Å². The van der Waals surface area contributed by atoms with Gasteiger partial charge in [0.1, 0.15) is 9.96 Å². The Kier molecular flexibility index (Phi) is 4.82. The van der Waals surface area contributed by atoms with Gasteiger partial charge < -0.3 is 9.84 Å². The average molecular weight is 415 g/mol. The molecule has 6 nitrogen and oxygen atoms in total. The van der Waals surface area contributed by atoms with Crippen molar-refractivity contribution in [3.05, 3.63) is 60.0 Å². The zero-order chi connectivity index (χ0) is 19.7. The number of carboxylic acids is 1. The van der Waals surface area contributed by atoms with Crippen LogP contribution in [0.1, 0.15) is 12.8 Å². The molecular weight excluding hydrogens is 398 g/mol. The maximum Gasteiger partial charge on any atom is 0.303 e. The van der Waals surface area contributed by atoms with Crippen molar-refractivity contribution in [2.75, 3.05) is 6.61 Å². The molecule has 2 aromatic heterocycles. The minimum Gasteiger partial charge on any atom is -0.494 e. The monoisotopic (exact) mass is 415 g/mol. The topological polar surface area (TPSA) is 85.6 Å². The van der Waals surface area contributed by atoms with E-state index in [-0.39, 0.29) is 17.2 Å². The number of benzene rings is 2. The Morgan fingerprint density at radius 1 is 1.04 bits per heavy atom. The molecule has 4 rings (SSSR count). The van der Waals surface area contributed by atoms with Crippen LogP contribution < -0.4 is 4.74 Å². The van der Waals surface area contributed by atoms with Gasteiger partial charge in [0.15, 0.2) is 0 Å². The Morgan fingerprint density at radius 3 is 2.57 bits per heavy atom. The molecule has 2 heterocycles. The molecule has 0 radical (unpaired) electrons. The second-order valence-electron chi connectivity index (χ2n) is 6.24. The summed E-state index contributed by atoms with van der Waals surface area (Å²) in [7, 11) is -3.76. The summed E-state index contributed by atoms with van der Waals surface area (Å²) in [6.07, 6.45) is 0.402. The van der Waals surface area contributed by atoms with E-state index in [2.05, 4.69) is 0 Å². The molecule has 144 valence electrons. The summed E-state index contributed by atoms with van der Waals surface area (Å²) in [4.78, 5) is 10.6. The second kappa shape index (κ2) is 7.29. The molecule has 0 spiro atoms. The molecule has 0 aliphatic carbocycles. The van der Waals surface area contributed by atoms with Crippen molar-refractivity contribution >= 4 is 49.1 Å². The highest BCUT2D eigenvalue weighted by molar-refractivity contribution is 7.92. The van der Waals surface area contributed by atoms with E-state index in [0.29, 0.717) is 23.2 Å². The lowest BCUT2D eigenvalue weighted by molar-refractivity contribution is -0.137. The van der Waals surface area contributed by atoms with Crippen LogP contribution in [0, 0.1) is 0 Å². The number of fused-ring (bicyclic) bond motifs is 3. The van der Waals surface area contributed by atoms with Crippen LogP contribution in [0.4, 0.5) is 0 Å². The number of hydrogen-bond donors (Lipinski definition) is 1. The largest absolute Gasteiger partial charge is 0.494 e. The Labute approximate surface area is 165 Å². The van der Waals surface area contributed by atoms with Crippen molar-refractivity contribution in [2.24, 2.45) is 0 Å². The van der Waals surface area contributed by atoms with E-state index in [0.717, 1.165) is 10.8 Å². The molecule has 4 aromatic rings. The highest BCUT2D eigenvalue weighted by Crippen LogP contribution is 2.35. The molecule has 0 amide bonds. The fraction of sp³-hybridized carbons (Fsp3) is 0.150. The predicted molar refractivity (Wildman–Crippen MR) is 109 cm³/mol. The Hall–Kier alpha value is -2.84. The van der Waals surface area contributed by atoms with E-state index < -0.39 is 16.0 Å². The van der Waals surface area contributed by atoms with E-state index in [9.17, 15) is 13.2 Å². The molecule has 0 fully saturated rings. The second-order valence-corrected chi connectivity index (χ2v) is 9.20. The van der Waals surface area contributed by atoms with Gasteiger partial charge in [-0.25, -0.2) is 3.97 Å². The van der Waals surface area contributed by atoms with E-state index in [1.165, 1.54) is 15.3 Å². The highest BCUT2D eigenvalue weighted by atomic mass is 32.2. The summed E-state index contributed by atoms with van der Waals surface area (Å²) in [6, 6.07) is 16.0. The zero-order valence-electron chi connectivity index (χ0n) is 14.7. The zero-order valence-corrected chi connectivity index (χ0v) is 16.4. The first-order chi connectivity index (χ1) is 13.5. The van der Waals surface area contributed by atoms with Crippen LogP contribution in [0.5, 0.6) is 5.75 Å². The first-order valence-electron chi connectivity index (χ1n) is 8.65. The highest BCUT2D eigenvalue weighted by Gasteiger charge is 2.24. The Bertz CT molecular complexity index is 1260. The van der Waals surface area contributed by atoms with Gasteiger partial charge in [0.2, 0.25) is 0 Å². The molecule has 28 heavy (non-hydrogen) atoms. The van der Waals surface area contributed by atoms with Gasteiger partial charge >= 0.3 is 5.97 Å². The Morgan fingerprint density at radius 2 is 1.82 bits per heavy atom. The van der Waals surface area contributed by atoms with Gasteiger partial charge in [-0.1, -0.05) is 24.3 Å². The van der Waals surface area contributed by atoms with Gasteiger partial charge in [-0.15, -0.1) is 11.3 Å². The molecule has 1 N–H and O–H groups in total. The molecular formula is C20H17NO5S2. The lowest BCUT2D eigenvalue weighted by Gasteiger charge is -2.09. The van der Waals surface area contributed by atoms with Gasteiger partial charge in [-0.3, -0.25) is 4.79 Å². The standard InChI is InChI=1S/C20H17NO5S2/c22-19(23)7-3-11-26-14-9-10-16-15-5-1-2-6-17(15)21(18(16)13-14)28(24,25)20-8-4-12-27-20/h1-2,4-6,8-10,12-13H,3,7,11H2,(H,22,23). The van der Waals surface area contributed by atoms with Crippen molar-refractivity contribution in [3.63, 3.8) is 0 Å². The van der Waals surface area contributed by atoms with Crippen molar-refractivity contribution in [3.8, 4) is 5.75 Å². The molecule has 0 atom stereocenters. The third-order valence-corrected chi connectivity index (χ3v) is 7.50. The van der Waals surface area contributed by atoms with E-state index >= 15 is 0 Å². The maximum atomic E-state index is 13.3. The van der Waals surface area contributed by atoms with Gasteiger partial charge in [0.05, 0.1) is 17.6 Å². The summed E-state index contributed by atoms with van der Waals surface area (Å²) in [5.41, 5.74) is 1.14. The van der Waals surface area contributed by atoms with Crippen LogP contribution in [-0.4, -0.2) is 30.1 Å².